The molecule has 7 heteroatoms. The van der Waals surface area contributed by atoms with Crippen LogP contribution in [0.25, 0.3) is 11.3 Å². The van der Waals surface area contributed by atoms with E-state index in [1.54, 1.807) is 29.9 Å². The summed E-state index contributed by atoms with van der Waals surface area (Å²) in [6.07, 6.45) is 3.94. The number of hydrogen-bond donors (Lipinski definition) is 1. The van der Waals surface area contributed by atoms with Crippen LogP contribution in [0, 0.1) is 11.7 Å². The molecular formula is C21H27FN4O2. The highest BCUT2D eigenvalue weighted by molar-refractivity contribution is 5.93. The smallest absolute Gasteiger partial charge is 0.274 e. The number of carbonyl (C=O) groups excluding carboxylic acids is 1. The second kappa shape index (κ2) is 8.01. The largest absolute Gasteiger partial charge is 0.378 e. The van der Waals surface area contributed by atoms with Gasteiger partial charge in [-0.1, -0.05) is 0 Å². The Morgan fingerprint density at radius 1 is 1.21 bits per heavy atom. The van der Waals surface area contributed by atoms with Gasteiger partial charge >= 0.3 is 0 Å². The molecule has 4 rings (SSSR count). The summed E-state index contributed by atoms with van der Waals surface area (Å²) in [6.45, 7) is 2.16. The normalized spacial score (nSPS) is 23.8. The van der Waals surface area contributed by atoms with Crippen LogP contribution in [-0.2, 0) is 11.8 Å². The van der Waals surface area contributed by atoms with Crippen LogP contribution >= 0.6 is 0 Å². The first kappa shape index (κ1) is 19.1. The van der Waals surface area contributed by atoms with Crippen LogP contribution in [0.1, 0.15) is 36.2 Å². The molecule has 2 atom stereocenters. The first-order chi connectivity index (χ1) is 13.5. The molecule has 2 unspecified atom stereocenters. The van der Waals surface area contributed by atoms with Crippen molar-refractivity contribution in [3.8, 4) is 11.3 Å². The fourth-order valence-electron chi connectivity index (χ4n) is 4.28. The molecular weight excluding hydrogens is 359 g/mol. The standard InChI is InChI=1S/C21H27FN4O2/c1-25-19(14-2-4-16(22)5-3-14)13-18(24-25)21(27)26-9-6-15(7-10-26)20-12-17(23)8-11-28-20/h2-5,13,15,17,20H,6-12,23H2,1H3. The Morgan fingerprint density at radius 2 is 1.93 bits per heavy atom. The lowest BCUT2D eigenvalue weighted by molar-refractivity contribution is -0.0420. The molecule has 0 radical (unpaired) electrons. The van der Waals surface area contributed by atoms with Crippen molar-refractivity contribution in [1.29, 1.82) is 0 Å². The van der Waals surface area contributed by atoms with Gasteiger partial charge in [0.25, 0.3) is 5.91 Å². The minimum Gasteiger partial charge on any atom is -0.378 e. The van der Waals surface area contributed by atoms with Gasteiger partial charge in [0.05, 0.1) is 11.8 Å². The number of likely N-dealkylation sites (tertiary alicyclic amines) is 1. The van der Waals surface area contributed by atoms with Gasteiger partial charge in [0.1, 0.15) is 5.82 Å². The van der Waals surface area contributed by atoms with E-state index in [0.717, 1.165) is 43.5 Å². The number of benzene rings is 1. The lowest BCUT2D eigenvalue weighted by atomic mass is 9.86. The number of carbonyl (C=O) groups is 1. The SMILES string of the molecule is Cn1nc(C(=O)N2CCC(C3CC(N)CCO3)CC2)cc1-c1ccc(F)cc1. The van der Waals surface area contributed by atoms with E-state index < -0.39 is 0 Å². The van der Waals surface area contributed by atoms with Crippen LogP contribution in [0.2, 0.25) is 0 Å². The van der Waals surface area contributed by atoms with E-state index in [-0.39, 0.29) is 23.9 Å². The monoisotopic (exact) mass is 386 g/mol. The van der Waals surface area contributed by atoms with Gasteiger partial charge in [0.15, 0.2) is 5.69 Å². The van der Waals surface area contributed by atoms with Crippen molar-refractivity contribution in [2.24, 2.45) is 18.7 Å². The Hall–Kier alpha value is -2.25. The van der Waals surface area contributed by atoms with Crippen molar-refractivity contribution < 1.29 is 13.9 Å². The number of halogens is 1. The molecule has 0 saturated carbocycles. The molecule has 0 aliphatic carbocycles. The van der Waals surface area contributed by atoms with Crippen LogP contribution in [-0.4, -0.2) is 52.4 Å². The van der Waals surface area contributed by atoms with E-state index in [9.17, 15) is 9.18 Å². The van der Waals surface area contributed by atoms with Gasteiger partial charge in [0, 0.05) is 32.8 Å². The highest BCUT2D eigenvalue weighted by atomic mass is 19.1. The Bertz CT molecular complexity index is 827. The predicted molar refractivity (Wildman–Crippen MR) is 104 cm³/mol. The number of nitrogens with zero attached hydrogens (tertiary/aromatic N) is 3. The number of ether oxygens (including phenoxy) is 1. The summed E-state index contributed by atoms with van der Waals surface area (Å²) in [5.74, 6) is 0.130. The van der Waals surface area contributed by atoms with Gasteiger partial charge in [-0.15, -0.1) is 0 Å². The molecule has 2 aliphatic rings. The summed E-state index contributed by atoms with van der Waals surface area (Å²) in [6, 6.07) is 8.23. The van der Waals surface area contributed by atoms with E-state index in [0.29, 0.717) is 24.7 Å². The third kappa shape index (κ3) is 3.95. The number of amides is 1. The molecule has 28 heavy (non-hydrogen) atoms. The van der Waals surface area contributed by atoms with Gasteiger partial charge in [-0.05, 0) is 67.5 Å². The van der Waals surface area contributed by atoms with E-state index in [2.05, 4.69) is 5.10 Å². The summed E-state index contributed by atoms with van der Waals surface area (Å²) in [4.78, 5) is 14.8. The van der Waals surface area contributed by atoms with Crippen molar-refractivity contribution in [3.63, 3.8) is 0 Å². The first-order valence-electron chi connectivity index (χ1n) is 9.97. The highest BCUT2D eigenvalue weighted by Gasteiger charge is 2.32. The molecule has 1 aromatic carbocycles. The number of aromatic nitrogens is 2. The van der Waals surface area contributed by atoms with Gasteiger partial charge in [-0.3, -0.25) is 9.48 Å². The predicted octanol–water partition coefficient (Wildman–Crippen LogP) is 2.58. The van der Waals surface area contributed by atoms with Gasteiger partial charge in [0.2, 0.25) is 0 Å². The molecule has 2 saturated heterocycles. The summed E-state index contributed by atoms with van der Waals surface area (Å²) in [5, 5.41) is 4.39. The van der Waals surface area contributed by atoms with Crippen molar-refractivity contribution in [3.05, 3.63) is 41.8 Å². The van der Waals surface area contributed by atoms with Crippen LogP contribution < -0.4 is 5.73 Å². The van der Waals surface area contributed by atoms with Crippen LogP contribution in [0.3, 0.4) is 0 Å². The van der Waals surface area contributed by atoms with Crippen LogP contribution in [0.4, 0.5) is 4.39 Å². The van der Waals surface area contributed by atoms with Gasteiger partial charge in [-0.2, -0.15) is 5.10 Å². The van der Waals surface area contributed by atoms with Crippen molar-refractivity contribution in [2.75, 3.05) is 19.7 Å². The number of rotatable bonds is 3. The highest BCUT2D eigenvalue weighted by Crippen LogP contribution is 2.29. The number of nitrogens with two attached hydrogens (primary N) is 1. The Morgan fingerprint density at radius 3 is 2.61 bits per heavy atom. The van der Waals surface area contributed by atoms with Crippen LogP contribution in [0.15, 0.2) is 30.3 Å². The average molecular weight is 386 g/mol. The molecule has 1 aromatic heterocycles. The average Bonchev–Trinajstić information content (AvgIpc) is 3.10. The maximum absolute atomic E-state index is 13.2. The second-order valence-electron chi connectivity index (χ2n) is 7.87. The lowest BCUT2D eigenvalue weighted by Crippen LogP contribution is -2.45. The van der Waals surface area contributed by atoms with Crippen molar-refractivity contribution in [2.45, 2.75) is 37.8 Å². The zero-order valence-electron chi connectivity index (χ0n) is 16.2. The van der Waals surface area contributed by atoms with E-state index in [4.69, 9.17) is 10.5 Å². The molecule has 2 fully saturated rings. The maximum Gasteiger partial charge on any atom is 0.274 e. The molecule has 6 nitrogen and oxygen atoms in total. The second-order valence-corrected chi connectivity index (χ2v) is 7.87. The molecule has 1 amide bonds. The van der Waals surface area contributed by atoms with E-state index >= 15 is 0 Å². The molecule has 0 spiro atoms. The first-order valence-corrected chi connectivity index (χ1v) is 9.97. The summed E-state index contributed by atoms with van der Waals surface area (Å²) >= 11 is 0. The fraction of sp³-hybridized carbons (Fsp3) is 0.524. The van der Waals surface area contributed by atoms with Crippen molar-refractivity contribution >= 4 is 5.91 Å². The molecule has 150 valence electrons. The van der Waals surface area contributed by atoms with Crippen LogP contribution in [0.5, 0.6) is 0 Å². The zero-order valence-corrected chi connectivity index (χ0v) is 16.2. The van der Waals surface area contributed by atoms with E-state index in [1.165, 1.54) is 12.1 Å². The Labute approximate surface area is 164 Å². The quantitative estimate of drug-likeness (QED) is 0.880. The molecule has 0 bridgehead atoms. The minimum atomic E-state index is -0.284. The Kier molecular flexibility index (Phi) is 5.46. The van der Waals surface area contributed by atoms with Crippen molar-refractivity contribution in [1.82, 2.24) is 14.7 Å². The molecule has 2 aromatic rings. The fourth-order valence-corrected chi connectivity index (χ4v) is 4.28. The molecule has 2 aliphatic heterocycles. The van der Waals surface area contributed by atoms with Gasteiger partial charge < -0.3 is 15.4 Å². The number of piperidine rings is 1. The third-order valence-corrected chi connectivity index (χ3v) is 5.95. The summed E-state index contributed by atoms with van der Waals surface area (Å²) in [7, 11) is 1.80. The number of hydrogen-bond acceptors (Lipinski definition) is 4. The minimum absolute atomic E-state index is 0.0522. The summed E-state index contributed by atoms with van der Waals surface area (Å²) < 4.78 is 20.8. The van der Waals surface area contributed by atoms with Gasteiger partial charge in [-0.25, -0.2) is 4.39 Å². The topological polar surface area (TPSA) is 73.4 Å². The molecule has 2 N–H and O–H groups in total. The van der Waals surface area contributed by atoms with E-state index in [1.807, 2.05) is 4.90 Å². The third-order valence-electron chi connectivity index (χ3n) is 5.95. The lowest BCUT2D eigenvalue weighted by Gasteiger charge is -2.38. The zero-order chi connectivity index (χ0) is 19.7. The Balaban J connectivity index is 1.40. The number of aryl methyl sites for hydroxylation is 1. The maximum atomic E-state index is 13.2. The summed E-state index contributed by atoms with van der Waals surface area (Å²) in [5.41, 5.74) is 8.13. The molecule has 3 heterocycles.